The van der Waals surface area contributed by atoms with Crippen molar-refractivity contribution in [2.24, 2.45) is 0 Å². The number of hydrogen-bond acceptors (Lipinski definition) is 0. The number of hydrogen-bond donors (Lipinski definition) is 0. The smallest absolute Gasteiger partial charge is 0.0608 e. The second-order valence-corrected chi connectivity index (χ2v) is 8.87. The van der Waals surface area contributed by atoms with E-state index in [1.807, 2.05) is 0 Å². The Balaban J connectivity index is 3.15. The molecule has 0 unspecified atom stereocenters. The molecule has 7 heavy (non-hydrogen) atoms. The van der Waals surface area contributed by atoms with Gasteiger partial charge >= 0.3 is 0 Å². The van der Waals surface area contributed by atoms with Crippen LogP contribution in [0.15, 0.2) is 0 Å². The predicted octanol–water partition coefficient (Wildman–Crippen LogP) is 2.80. The van der Waals surface area contributed by atoms with Gasteiger partial charge in [0.25, 0.3) is 0 Å². The van der Waals surface area contributed by atoms with Gasteiger partial charge in [-0.2, -0.15) is 0 Å². The van der Waals surface area contributed by atoms with E-state index < -0.39 is 0 Å². The first-order chi connectivity index (χ1) is 3.06. The van der Waals surface area contributed by atoms with Gasteiger partial charge < -0.3 is 0 Å². The molecule has 0 aromatic rings. The molecule has 0 aliphatic heterocycles. The molecular formula is C3H4Br3Si. The lowest BCUT2D eigenvalue weighted by Crippen LogP contribution is -1.96. The molecule has 0 fully saturated rings. The van der Waals surface area contributed by atoms with Gasteiger partial charge in [0.1, 0.15) is 2.14 Å². The molecule has 0 aliphatic carbocycles. The second-order valence-electron chi connectivity index (χ2n) is 1.12. The van der Waals surface area contributed by atoms with Crippen LogP contribution >= 0.6 is 47.8 Å². The van der Waals surface area contributed by atoms with E-state index in [2.05, 4.69) is 58.0 Å². The Kier molecular flexibility index (Phi) is 4.50. The Labute approximate surface area is 72.2 Å². The number of rotatable bonds is 1. The summed E-state index contributed by atoms with van der Waals surface area (Å²) < 4.78 is -0.0608. The van der Waals surface area contributed by atoms with Crippen LogP contribution < -0.4 is 0 Å². The first-order valence-electron chi connectivity index (χ1n) is 1.77. The van der Waals surface area contributed by atoms with Gasteiger partial charge in [0.15, 0.2) is 0 Å². The molecule has 0 aromatic carbocycles. The lowest BCUT2D eigenvalue weighted by atomic mass is 10.6. The van der Waals surface area contributed by atoms with Crippen LogP contribution in [0, 0.1) is 0 Å². The summed E-state index contributed by atoms with van der Waals surface area (Å²) in [5.74, 6) is 0. The van der Waals surface area contributed by atoms with Crippen LogP contribution in [0.25, 0.3) is 0 Å². The van der Waals surface area contributed by atoms with E-state index in [0.29, 0.717) is 0 Å². The van der Waals surface area contributed by atoms with Crippen molar-refractivity contribution in [3.8, 4) is 0 Å². The Hall–Kier alpha value is 1.66. The van der Waals surface area contributed by atoms with Gasteiger partial charge in [-0.05, 0) is 6.42 Å². The fourth-order valence-electron chi connectivity index (χ4n) is 0.142. The molecule has 0 N–H and O–H groups in total. The fourth-order valence-corrected chi connectivity index (χ4v) is 2.21. The summed E-state index contributed by atoms with van der Waals surface area (Å²) in [6.07, 6.45) is 1.00. The van der Waals surface area contributed by atoms with Crippen molar-refractivity contribution in [3.63, 3.8) is 0 Å². The zero-order valence-corrected chi connectivity index (χ0v) is 9.31. The van der Waals surface area contributed by atoms with Gasteiger partial charge in [0.05, 0.1) is 0 Å². The average Bonchev–Trinajstić information content (AvgIpc) is 1.30. The monoisotopic (exact) mass is 305 g/mol. The predicted molar refractivity (Wildman–Crippen MR) is 44.7 cm³/mol. The van der Waals surface area contributed by atoms with Crippen LogP contribution in [-0.4, -0.2) is 12.4 Å². The van der Waals surface area contributed by atoms with E-state index in [1.54, 1.807) is 0 Å². The van der Waals surface area contributed by atoms with Crippen molar-refractivity contribution < 1.29 is 0 Å². The van der Waals surface area contributed by atoms with E-state index >= 15 is 0 Å². The minimum Gasteiger partial charge on any atom is -0.0608 e. The van der Waals surface area contributed by atoms with Crippen LogP contribution in [0.2, 0.25) is 6.04 Å². The van der Waals surface area contributed by atoms with Gasteiger partial charge in [-0.25, -0.2) is 0 Å². The quantitative estimate of drug-likeness (QED) is 0.516. The molecule has 0 bridgehead atoms. The maximum Gasteiger partial charge on any atom is 0.134 e. The maximum atomic E-state index is 3.34. The Morgan fingerprint density at radius 2 is 1.71 bits per heavy atom. The van der Waals surface area contributed by atoms with Crippen LogP contribution in [0.4, 0.5) is 0 Å². The summed E-state index contributed by atoms with van der Waals surface area (Å²) in [6.45, 7) is 0. The third-order valence-corrected chi connectivity index (χ3v) is 1.85. The minimum absolute atomic E-state index is 0.0608. The van der Waals surface area contributed by atoms with Crippen molar-refractivity contribution >= 4 is 58.0 Å². The molecule has 0 spiro atoms. The molecule has 0 aliphatic rings. The molecule has 4 heteroatoms. The highest BCUT2D eigenvalue weighted by Crippen LogP contribution is 2.37. The van der Waals surface area contributed by atoms with Crippen LogP contribution in [-0.2, 0) is 0 Å². The van der Waals surface area contributed by atoms with Crippen LogP contribution in [0.1, 0.15) is 6.42 Å². The van der Waals surface area contributed by atoms with Gasteiger partial charge in [-0.15, -0.1) is 0 Å². The van der Waals surface area contributed by atoms with Gasteiger partial charge in [-0.1, -0.05) is 53.8 Å². The molecule has 3 radical (unpaired) electrons. The third-order valence-electron chi connectivity index (χ3n) is 0.408. The zero-order chi connectivity index (χ0) is 5.91. The molecule has 0 atom stereocenters. The highest BCUT2D eigenvalue weighted by Gasteiger charge is 2.14. The van der Waals surface area contributed by atoms with Crippen LogP contribution in [0.5, 0.6) is 0 Å². The van der Waals surface area contributed by atoms with Crippen molar-refractivity contribution in [1.82, 2.24) is 0 Å². The Morgan fingerprint density at radius 1 is 1.29 bits per heavy atom. The van der Waals surface area contributed by atoms with Crippen molar-refractivity contribution in [3.05, 3.63) is 0 Å². The summed E-state index contributed by atoms with van der Waals surface area (Å²) >= 11 is 10.0. The van der Waals surface area contributed by atoms with E-state index in [0.717, 1.165) is 12.5 Å². The highest BCUT2D eigenvalue weighted by atomic mass is 80.0. The third kappa shape index (κ3) is 7.66. The van der Waals surface area contributed by atoms with Gasteiger partial charge in [0.2, 0.25) is 0 Å². The lowest BCUT2D eigenvalue weighted by molar-refractivity contribution is 1.04. The summed E-state index contributed by atoms with van der Waals surface area (Å²) in [7, 11) is 3.34. The largest absolute Gasteiger partial charge is 0.134 e. The van der Waals surface area contributed by atoms with Gasteiger partial charge in [0, 0.05) is 10.2 Å². The molecule has 0 aromatic heterocycles. The SMILES string of the molecule is [Si]CCC(Br)(Br)Br. The standard InChI is InChI=1S/C3H4Br3Si/c4-3(5,6)1-2-7/h1-2H2. The number of halogens is 3. The molecule has 0 rings (SSSR count). The summed E-state index contributed by atoms with van der Waals surface area (Å²) in [6, 6.07) is 0.974. The van der Waals surface area contributed by atoms with Crippen molar-refractivity contribution in [2.75, 3.05) is 0 Å². The fraction of sp³-hybridized carbons (Fsp3) is 1.00. The Bertz CT molecular complexity index is 48.6. The number of alkyl halides is 3. The average molecular weight is 308 g/mol. The summed E-state index contributed by atoms with van der Waals surface area (Å²) in [5, 5.41) is 0. The molecule has 0 heterocycles. The maximum absolute atomic E-state index is 3.34. The second kappa shape index (κ2) is 3.64. The first-order valence-corrected chi connectivity index (χ1v) is 4.86. The molecule has 0 nitrogen and oxygen atoms in total. The molecule has 41 valence electrons. The topological polar surface area (TPSA) is 0 Å². The van der Waals surface area contributed by atoms with E-state index in [4.69, 9.17) is 0 Å². The normalized spacial score (nSPS) is 12.0. The minimum atomic E-state index is -0.0608. The summed E-state index contributed by atoms with van der Waals surface area (Å²) in [5.41, 5.74) is 0. The molecule has 0 saturated heterocycles. The summed E-state index contributed by atoms with van der Waals surface area (Å²) in [4.78, 5) is 0. The Morgan fingerprint density at radius 3 is 1.71 bits per heavy atom. The molecule has 0 saturated carbocycles. The van der Waals surface area contributed by atoms with Crippen molar-refractivity contribution in [1.29, 1.82) is 0 Å². The van der Waals surface area contributed by atoms with Gasteiger partial charge in [-0.3, -0.25) is 0 Å². The molecular weight excluding hydrogens is 304 g/mol. The van der Waals surface area contributed by atoms with E-state index in [1.165, 1.54) is 0 Å². The van der Waals surface area contributed by atoms with E-state index in [9.17, 15) is 0 Å². The van der Waals surface area contributed by atoms with Crippen molar-refractivity contribution in [2.45, 2.75) is 14.6 Å². The zero-order valence-electron chi connectivity index (χ0n) is 3.55. The molecule has 0 amide bonds. The first kappa shape index (κ1) is 8.66. The lowest BCUT2D eigenvalue weighted by Gasteiger charge is -2.07. The highest BCUT2D eigenvalue weighted by molar-refractivity contribution is 9.39. The van der Waals surface area contributed by atoms with E-state index in [-0.39, 0.29) is 2.14 Å². The van der Waals surface area contributed by atoms with Crippen LogP contribution in [0.3, 0.4) is 0 Å².